The van der Waals surface area contributed by atoms with E-state index in [2.05, 4.69) is 15.5 Å². The van der Waals surface area contributed by atoms with Crippen LogP contribution in [0.25, 0.3) is 0 Å². The third kappa shape index (κ3) is 2.69. The average molecular weight is 362 g/mol. The largest absolute Gasteiger partial charge is 0.365 e. The van der Waals surface area contributed by atoms with Gasteiger partial charge in [0.05, 0.1) is 16.8 Å². The normalized spacial score (nSPS) is 15.2. The van der Waals surface area contributed by atoms with Crippen LogP contribution in [0.3, 0.4) is 0 Å². The maximum absolute atomic E-state index is 13.8. The topological polar surface area (TPSA) is 41.0 Å². The first-order chi connectivity index (χ1) is 10.5. The summed E-state index contributed by atoms with van der Waals surface area (Å²) in [6, 6.07) is 4.25. The molecule has 3 rings (SSSR count). The van der Waals surface area contributed by atoms with Crippen molar-refractivity contribution in [2.45, 2.75) is 13.0 Å². The first-order valence-corrected chi connectivity index (χ1v) is 7.79. The monoisotopic (exact) mass is 360 g/mol. The lowest BCUT2D eigenvalue weighted by molar-refractivity contribution is 0.614. The van der Waals surface area contributed by atoms with Crippen LogP contribution in [0.1, 0.15) is 18.5 Å². The molecule has 0 saturated carbocycles. The Bertz CT molecular complexity index is 725. The Balaban J connectivity index is 2.06. The Morgan fingerprint density at radius 2 is 2.05 bits per heavy atom. The molecule has 0 saturated heterocycles. The van der Waals surface area contributed by atoms with Gasteiger partial charge in [0, 0.05) is 29.7 Å². The zero-order valence-corrected chi connectivity index (χ0v) is 13.8. The smallest absolute Gasteiger partial charge is 0.172 e. The van der Waals surface area contributed by atoms with Crippen LogP contribution in [0.4, 0.5) is 15.9 Å². The first kappa shape index (κ1) is 15.6. The van der Waals surface area contributed by atoms with Gasteiger partial charge in [-0.3, -0.25) is 0 Å². The van der Waals surface area contributed by atoms with Gasteiger partial charge in [-0.15, -0.1) is 10.2 Å². The molecule has 0 amide bonds. The predicted octanol–water partition coefficient (Wildman–Crippen LogP) is 4.57. The van der Waals surface area contributed by atoms with Gasteiger partial charge in [0.1, 0.15) is 5.82 Å². The zero-order chi connectivity index (χ0) is 15.9. The molecule has 0 spiro atoms. The molecule has 1 aliphatic rings. The number of rotatable bonds is 2. The summed E-state index contributed by atoms with van der Waals surface area (Å²) < 4.78 is 13.8. The molecule has 22 heavy (non-hydrogen) atoms. The molecule has 0 aliphatic carbocycles. The highest BCUT2D eigenvalue weighted by Crippen LogP contribution is 2.40. The minimum Gasteiger partial charge on any atom is -0.365 e. The van der Waals surface area contributed by atoms with Gasteiger partial charge in [-0.25, -0.2) is 4.39 Å². The van der Waals surface area contributed by atoms with Crippen molar-refractivity contribution in [2.24, 2.45) is 0 Å². The van der Waals surface area contributed by atoms with Gasteiger partial charge < -0.3 is 10.2 Å². The Labute approximate surface area is 142 Å². The minimum absolute atomic E-state index is 0.0354. The Morgan fingerprint density at radius 3 is 2.82 bits per heavy atom. The highest BCUT2D eigenvalue weighted by Gasteiger charge is 2.27. The van der Waals surface area contributed by atoms with E-state index in [1.165, 1.54) is 12.1 Å². The fraction of sp³-hybridized carbons (Fsp3) is 0.286. The van der Waals surface area contributed by atoms with Gasteiger partial charge in [0.2, 0.25) is 0 Å². The summed E-state index contributed by atoms with van der Waals surface area (Å²) in [5.74, 6) is 0.139. The molecule has 1 aromatic carbocycles. The van der Waals surface area contributed by atoms with Gasteiger partial charge in [0.25, 0.3) is 0 Å². The second-order valence-corrected chi connectivity index (χ2v) is 6.13. The third-order valence-electron chi connectivity index (χ3n) is 3.66. The molecular formula is C14H12Cl3FN4. The van der Waals surface area contributed by atoms with Crippen molar-refractivity contribution in [2.75, 3.05) is 23.3 Å². The predicted molar refractivity (Wildman–Crippen MR) is 87.7 cm³/mol. The summed E-state index contributed by atoms with van der Waals surface area (Å²) in [6.45, 7) is 3.27. The van der Waals surface area contributed by atoms with Crippen LogP contribution >= 0.6 is 34.8 Å². The average Bonchev–Trinajstić information content (AvgIpc) is 2.50. The van der Waals surface area contributed by atoms with E-state index < -0.39 is 5.82 Å². The van der Waals surface area contributed by atoms with Crippen LogP contribution < -0.4 is 10.2 Å². The lowest BCUT2D eigenvalue weighted by Gasteiger charge is -2.36. The van der Waals surface area contributed by atoms with Crippen LogP contribution in [0.5, 0.6) is 0 Å². The minimum atomic E-state index is -0.492. The summed E-state index contributed by atoms with van der Waals surface area (Å²) in [7, 11) is 0. The SMILES string of the molecule is C[C@H](c1c(Cl)ccc(F)c1Cl)N1CCNc2nnc(Cl)cc21. The molecule has 0 unspecified atom stereocenters. The van der Waals surface area contributed by atoms with Crippen molar-refractivity contribution in [3.63, 3.8) is 0 Å². The summed E-state index contributed by atoms with van der Waals surface area (Å²) >= 11 is 18.3. The van der Waals surface area contributed by atoms with E-state index >= 15 is 0 Å². The van der Waals surface area contributed by atoms with E-state index in [-0.39, 0.29) is 16.2 Å². The molecule has 116 valence electrons. The number of aromatic nitrogens is 2. The van der Waals surface area contributed by atoms with E-state index in [1.807, 2.05) is 11.8 Å². The summed E-state index contributed by atoms with van der Waals surface area (Å²) in [4.78, 5) is 2.03. The number of benzene rings is 1. The van der Waals surface area contributed by atoms with Crippen molar-refractivity contribution < 1.29 is 4.39 Å². The molecular weight excluding hydrogens is 350 g/mol. The Hall–Kier alpha value is -1.30. The van der Waals surface area contributed by atoms with Gasteiger partial charge in [-0.2, -0.15) is 0 Å². The highest BCUT2D eigenvalue weighted by atomic mass is 35.5. The molecule has 1 aliphatic heterocycles. The van der Waals surface area contributed by atoms with Gasteiger partial charge in [0.15, 0.2) is 11.0 Å². The quantitative estimate of drug-likeness (QED) is 0.796. The van der Waals surface area contributed by atoms with Crippen molar-refractivity contribution in [3.8, 4) is 0 Å². The highest BCUT2D eigenvalue weighted by molar-refractivity contribution is 6.36. The van der Waals surface area contributed by atoms with Crippen LogP contribution in [0, 0.1) is 5.82 Å². The number of nitrogens with one attached hydrogen (secondary N) is 1. The standard InChI is InChI=1S/C14H12Cl3FN4/c1-7(12-8(15)2-3-9(18)13(12)17)22-5-4-19-14-10(22)6-11(16)20-21-14/h2-3,6-7H,4-5H2,1H3,(H,19,21)/t7-/m1/s1. The van der Waals surface area contributed by atoms with Crippen molar-refractivity contribution >= 4 is 46.3 Å². The maximum atomic E-state index is 13.8. The fourth-order valence-corrected chi connectivity index (χ4v) is 3.43. The summed E-state index contributed by atoms with van der Waals surface area (Å²) in [6.07, 6.45) is 0. The van der Waals surface area contributed by atoms with E-state index in [9.17, 15) is 4.39 Å². The first-order valence-electron chi connectivity index (χ1n) is 6.66. The number of anilines is 2. The molecule has 2 heterocycles. The van der Waals surface area contributed by atoms with Gasteiger partial charge >= 0.3 is 0 Å². The van der Waals surface area contributed by atoms with E-state index in [0.29, 0.717) is 29.5 Å². The van der Waals surface area contributed by atoms with Crippen LogP contribution in [-0.4, -0.2) is 23.3 Å². The van der Waals surface area contributed by atoms with Gasteiger partial charge in [-0.1, -0.05) is 34.8 Å². The second kappa shape index (κ2) is 6.07. The lowest BCUT2D eigenvalue weighted by atomic mass is 10.0. The molecule has 1 N–H and O–H groups in total. The second-order valence-electron chi connectivity index (χ2n) is 4.95. The molecule has 0 fully saturated rings. The van der Waals surface area contributed by atoms with Crippen molar-refractivity contribution in [1.82, 2.24) is 10.2 Å². The van der Waals surface area contributed by atoms with E-state index in [1.54, 1.807) is 6.07 Å². The summed E-state index contributed by atoms with van der Waals surface area (Å²) in [5.41, 5.74) is 1.33. The van der Waals surface area contributed by atoms with E-state index in [0.717, 1.165) is 5.69 Å². The summed E-state index contributed by atoms with van der Waals surface area (Å²) in [5, 5.41) is 11.8. The third-order valence-corrected chi connectivity index (χ3v) is 4.56. The molecule has 4 nitrogen and oxygen atoms in total. The number of hydrogen-bond acceptors (Lipinski definition) is 4. The lowest BCUT2D eigenvalue weighted by Crippen LogP contribution is -2.36. The fourth-order valence-electron chi connectivity index (χ4n) is 2.60. The van der Waals surface area contributed by atoms with Crippen LogP contribution in [0.15, 0.2) is 18.2 Å². The number of nitrogens with zero attached hydrogens (tertiary/aromatic N) is 3. The molecule has 0 bridgehead atoms. The number of hydrogen-bond donors (Lipinski definition) is 1. The molecule has 8 heteroatoms. The Kier molecular flexibility index (Phi) is 4.30. The number of halogens is 4. The molecule has 2 aromatic rings. The molecule has 0 radical (unpaired) electrons. The van der Waals surface area contributed by atoms with Crippen molar-refractivity contribution in [3.05, 3.63) is 44.8 Å². The van der Waals surface area contributed by atoms with Crippen LogP contribution in [-0.2, 0) is 0 Å². The molecule has 1 atom stereocenters. The number of fused-ring (bicyclic) bond motifs is 1. The Morgan fingerprint density at radius 1 is 1.27 bits per heavy atom. The van der Waals surface area contributed by atoms with Gasteiger partial charge in [-0.05, 0) is 19.1 Å². The zero-order valence-electron chi connectivity index (χ0n) is 11.6. The molecule has 1 aromatic heterocycles. The maximum Gasteiger partial charge on any atom is 0.172 e. The van der Waals surface area contributed by atoms with Crippen molar-refractivity contribution in [1.29, 1.82) is 0 Å². The van der Waals surface area contributed by atoms with Crippen LogP contribution in [0.2, 0.25) is 15.2 Å². The van der Waals surface area contributed by atoms with E-state index in [4.69, 9.17) is 34.8 Å².